The number of halogens is 2. The molecule has 1 heterocycles. The van der Waals surface area contributed by atoms with Crippen molar-refractivity contribution < 1.29 is 9.53 Å². The van der Waals surface area contributed by atoms with Crippen LogP contribution >= 0.6 is 24.0 Å². The Labute approximate surface area is 130 Å². The summed E-state index contributed by atoms with van der Waals surface area (Å²) in [7, 11) is 0. The van der Waals surface area contributed by atoms with E-state index in [-0.39, 0.29) is 30.5 Å². The van der Waals surface area contributed by atoms with E-state index in [4.69, 9.17) is 22.1 Å². The van der Waals surface area contributed by atoms with Crippen molar-refractivity contribution in [1.82, 2.24) is 5.32 Å². The molecule has 1 fully saturated rings. The third-order valence-corrected chi connectivity index (χ3v) is 3.68. The van der Waals surface area contributed by atoms with E-state index in [1.165, 1.54) is 0 Å². The van der Waals surface area contributed by atoms with E-state index in [0.717, 1.165) is 29.8 Å². The highest BCUT2D eigenvalue weighted by molar-refractivity contribution is 6.31. The van der Waals surface area contributed by atoms with Gasteiger partial charge in [0.25, 0.3) is 0 Å². The Hall–Kier alpha value is -0.810. The summed E-state index contributed by atoms with van der Waals surface area (Å²) in [4.78, 5) is 11.9. The zero-order valence-electron chi connectivity index (χ0n) is 11.2. The zero-order chi connectivity index (χ0) is 13.7. The average Bonchev–Trinajstić information content (AvgIpc) is 2.90. The molecule has 4 nitrogen and oxygen atoms in total. The summed E-state index contributed by atoms with van der Waals surface area (Å²) in [6, 6.07) is 7.65. The van der Waals surface area contributed by atoms with E-state index in [0.29, 0.717) is 13.1 Å². The van der Waals surface area contributed by atoms with Gasteiger partial charge >= 0.3 is 0 Å². The number of nitrogens with one attached hydrogen (secondary N) is 1. The molecule has 1 amide bonds. The molecule has 0 bridgehead atoms. The van der Waals surface area contributed by atoms with Gasteiger partial charge in [-0.3, -0.25) is 4.79 Å². The van der Waals surface area contributed by atoms with Gasteiger partial charge in [-0.2, -0.15) is 0 Å². The van der Waals surface area contributed by atoms with Crippen molar-refractivity contribution in [1.29, 1.82) is 0 Å². The van der Waals surface area contributed by atoms with Crippen molar-refractivity contribution in [2.24, 2.45) is 5.73 Å². The van der Waals surface area contributed by atoms with Crippen LogP contribution in [0.4, 0.5) is 0 Å². The molecule has 2 atom stereocenters. The monoisotopic (exact) mass is 318 g/mol. The number of rotatable bonds is 5. The number of carbonyl (C=O) groups excluding carboxylic acids is 1. The van der Waals surface area contributed by atoms with Crippen molar-refractivity contribution in [2.45, 2.75) is 31.5 Å². The van der Waals surface area contributed by atoms with Crippen LogP contribution in [0.1, 0.15) is 18.4 Å². The van der Waals surface area contributed by atoms with Crippen LogP contribution < -0.4 is 11.1 Å². The molecule has 0 spiro atoms. The predicted octanol–water partition coefficient (Wildman–Crippen LogP) is 1.93. The van der Waals surface area contributed by atoms with Gasteiger partial charge in [-0.1, -0.05) is 29.8 Å². The Balaban J connectivity index is 0.00000200. The summed E-state index contributed by atoms with van der Waals surface area (Å²) in [6.07, 6.45) is 2.01. The Bertz CT molecular complexity index is 443. The van der Waals surface area contributed by atoms with Crippen LogP contribution in [0.15, 0.2) is 24.3 Å². The Morgan fingerprint density at radius 3 is 2.80 bits per heavy atom. The molecule has 20 heavy (non-hydrogen) atoms. The van der Waals surface area contributed by atoms with Crippen LogP contribution in [0, 0.1) is 0 Å². The molecule has 1 aromatic carbocycles. The molecule has 1 aromatic rings. The Kier molecular flexibility index (Phi) is 7.30. The summed E-state index contributed by atoms with van der Waals surface area (Å²) < 4.78 is 5.54. The lowest BCUT2D eigenvalue weighted by Gasteiger charge is -2.12. The maximum Gasteiger partial charge on any atom is 0.249 e. The van der Waals surface area contributed by atoms with Crippen molar-refractivity contribution >= 4 is 29.9 Å². The number of hydrogen-bond acceptors (Lipinski definition) is 3. The smallest absolute Gasteiger partial charge is 0.249 e. The molecular weight excluding hydrogens is 299 g/mol. The minimum absolute atomic E-state index is 0. The van der Waals surface area contributed by atoms with Gasteiger partial charge in [0.05, 0.1) is 6.10 Å². The SMILES string of the molecule is Cl.NC[C@H]1CC[C@@H](C(=O)NCCc2ccccc2Cl)O1. The maximum atomic E-state index is 11.9. The normalized spacial score (nSPS) is 21.3. The highest BCUT2D eigenvalue weighted by Gasteiger charge is 2.29. The molecule has 1 saturated heterocycles. The fourth-order valence-electron chi connectivity index (χ4n) is 2.21. The molecule has 0 aromatic heterocycles. The first-order valence-corrected chi connectivity index (χ1v) is 6.95. The molecule has 0 saturated carbocycles. The molecule has 0 aliphatic carbocycles. The number of ether oxygens (including phenoxy) is 1. The third-order valence-electron chi connectivity index (χ3n) is 3.31. The second-order valence-electron chi connectivity index (χ2n) is 4.69. The lowest BCUT2D eigenvalue weighted by atomic mass is 10.1. The van der Waals surface area contributed by atoms with Gasteiger partial charge in [-0.25, -0.2) is 0 Å². The van der Waals surface area contributed by atoms with Crippen LogP contribution in [0.5, 0.6) is 0 Å². The number of benzene rings is 1. The van der Waals surface area contributed by atoms with Gasteiger partial charge in [0, 0.05) is 18.1 Å². The zero-order valence-corrected chi connectivity index (χ0v) is 12.8. The van der Waals surface area contributed by atoms with Crippen LogP contribution in [0.3, 0.4) is 0 Å². The van der Waals surface area contributed by atoms with Gasteiger partial charge in [0.2, 0.25) is 5.91 Å². The molecule has 3 N–H and O–H groups in total. The van der Waals surface area contributed by atoms with Crippen LogP contribution in [-0.2, 0) is 16.0 Å². The van der Waals surface area contributed by atoms with Crippen molar-refractivity contribution in [3.8, 4) is 0 Å². The summed E-state index contributed by atoms with van der Waals surface area (Å²) in [5.41, 5.74) is 6.56. The third kappa shape index (κ3) is 4.63. The molecular formula is C14H20Cl2N2O2. The average molecular weight is 319 g/mol. The fraction of sp³-hybridized carbons (Fsp3) is 0.500. The molecule has 2 rings (SSSR count). The second-order valence-corrected chi connectivity index (χ2v) is 5.10. The minimum atomic E-state index is -0.347. The van der Waals surface area contributed by atoms with Gasteiger partial charge in [0.1, 0.15) is 6.10 Å². The predicted molar refractivity (Wildman–Crippen MR) is 82.4 cm³/mol. The highest BCUT2D eigenvalue weighted by atomic mass is 35.5. The van der Waals surface area contributed by atoms with Crippen molar-refractivity contribution in [3.05, 3.63) is 34.9 Å². The summed E-state index contributed by atoms with van der Waals surface area (Å²) in [5.74, 6) is -0.0528. The summed E-state index contributed by atoms with van der Waals surface area (Å²) in [6.45, 7) is 1.04. The number of nitrogens with two attached hydrogens (primary N) is 1. The maximum absolute atomic E-state index is 11.9. The molecule has 0 radical (unpaired) electrons. The van der Waals surface area contributed by atoms with Crippen molar-refractivity contribution in [3.63, 3.8) is 0 Å². The van der Waals surface area contributed by atoms with E-state index in [1.54, 1.807) is 0 Å². The Morgan fingerprint density at radius 2 is 2.15 bits per heavy atom. The van der Waals surface area contributed by atoms with E-state index in [2.05, 4.69) is 5.32 Å². The largest absolute Gasteiger partial charge is 0.364 e. The van der Waals surface area contributed by atoms with Crippen LogP contribution in [0.2, 0.25) is 5.02 Å². The van der Waals surface area contributed by atoms with Crippen LogP contribution in [0.25, 0.3) is 0 Å². The Morgan fingerprint density at radius 1 is 1.40 bits per heavy atom. The number of carbonyl (C=O) groups is 1. The molecule has 6 heteroatoms. The second kappa shape index (κ2) is 8.47. The minimum Gasteiger partial charge on any atom is -0.364 e. The van der Waals surface area contributed by atoms with E-state index >= 15 is 0 Å². The fourth-order valence-corrected chi connectivity index (χ4v) is 2.44. The lowest BCUT2D eigenvalue weighted by molar-refractivity contribution is -0.131. The van der Waals surface area contributed by atoms with Crippen molar-refractivity contribution in [2.75, 3.05) is 13.1 Å². The quantitative estimate of drug-likeness (QED) is 0.871. The van der Waals surface area contributed by atoms with E-state index in [9.17, 15) is 4.79 Å². The van der Waals surface area contributed by atoms with E-state index in [1.807, 2.05) is 24.3 Å². The summed E-state index contributed by atoms with van der Waals surface area (Å²) in [5, 5.41) is 3.61. The van der Waals surface area contributed by atoms with Gasteiger partial charge in [-0.05, 0) is 30.9 Å². The first kappa shape index (κ1) is 17.2. The summed E-state index contributed by atoms with van der Waals surface area (Å²) >= 11 is 6.05. The first-order chi connectivity index (χ1) is 9.20. The van der Waals surface area contributed by atoms with Gasteiger partial charge in [-0.15, -0.1) is 12.4 Å². The molecule has 1 aliphatic heterocycles. The van der Waals surface area contributed by atoms with E-state index < -0.39 is 0 Å². The van der Waals surface area contributed by atoms with Gasteiger partial charge in [0.15, 0.2) is 0 Å². The van der Waals surface area contributed by atoms with Gasteiger partial charge < -0.3 is 15.8 Å². The molecule has 1 aliphatic rings. The molecule has 0 unspecified atom stereocenters. The van der Waals surface area contributed by atoms with Crippen LogP contribution in [-0.4, -0.2) is 31.2 Å². The number of hydrogen-bond donors (Lipinski definition) is 2. The number of amides is 1. The standard InChI is InChI=1S/C14H19ClN2O2.ClH/c15-12-4-2-1-3-10(12)7-8-17-14(18)13-6-5-11(9-16)19-13;/h1-4,11,13H,5-9,16H2,(H,17,18);1H/t11-,13+;/m1./s1. The highest BCUT2D eigenvalue weighted by Crippen LogP contribution is 2.19. The lowest BCUT2D eigenvalue weighted by Crippen LogP contribution is -2.36. The topological polar surface area (TPSA) is 64.4 Å². The molecule has 112 valence electrons. The first-order valence-electron chi connectivity index (χ1n) is 6.57.